The van der Waals surface area contributed by atoms with E-state index in [4.69, 9.17) is 9.47 Å². The lowest BCUT2D eigenvalue weighted by Gasteiger charge is -2.13. The predicted octanol–water partition coefficient (Wildman–Crippen LogP) is 2.96. The molecule has 15 heavy (non-hydrogen) atoms. The van der Waals surface area contributed by atoms with E-state index in [1.165, 1.54) is 30.4 Å². The number of hydrogen-bond donors (Lipinski definition) is 0. The first-order chi connectivity index (χ1) is 7.26. The molecular weight excluding hydrogens is 188 g/mol. The minimum atomic E-state index is 0.828. The second-order valence-corrected chi connectivity index (χ2v) is 4.23. The fourth-order valence-electron chi connectivity index (χ4n) is 1.98. The fourth-order valence-corrected chi connectivity index (χ4v) is 1.98. The van der Waals surface area contributed by atoms with Crippen molar-refractivity contribution in [2.45, 2.75) is 26.2 Å². The molecule has 1 aromatic rings. The quantitative estimate of drug-likeness (QED) is 0.754. The van der Waals surface area contributed by atoms with Gasteiger partial charge in [0.2, 0.25) is 0 Å². The van der Waals surface area contributed by atoms with Gasteiger partial charge < -0.3 is 9.47 Å². The molecule has 0 radical (unpaired) electrons. The lowest BCUT2D eigenvalue weighted by molar-refractivity contribution is 0.352. The van der Waals surface area contributed by atoms with E-state index >= 15 is 0 Å². The number of rotatable bonds is 4. The molecule has 82 valence electrons. The lowest BCUT2D eigenvalue weighted by atomic mass is 10.0. The van der Waals surface area contributed by atoms with Crippen molar-refractivity contribution in [3.8, 4) is 11.5 Å². The van der Waals surface area contributed by atoms with Gasteiger partial charge >= 0.3 is 0 Å². The fraction of sp³-hybridized carbons (Fsp3) is 0.538. The summed E-state index contributed by atoms with van der Waals surface area (Å²) < 4.78 is 10.7. The molecule has 0 aromatic heterocycles. The summed E-state index contributed by atoms with van der Waals surface area (Å²) in [6.45, 7) is 2.11. The minimum absolute atomic E-state index is 0.828. The molecule has 2 heteroatoms. The molecule has 1 aliphatic carbocycles. The molecule has 1 fully saturated rings. The van der Waals surface area contributed by atoms with Gasteiger partial charge in [0, 0.05) is 0 Å². The van der Waals surface area contributed by atoms with E-state index in [1.54, 1.807) is 14.2 Å². The Morgan fingerprint density at radius 3 is 2.47 bits per heavy atom. The van der Waals surface area contributed by atoms with Gasteiger partial charge in [-0.1, -0.05) is 6.07 Å². The van der Waals surface area contributed by atoms with E-state index in [0.717, 1.165) is 17.4 Å². The number of benzene rings is 1. The zero-order valence-corrected chi connectivity index (χ0v) is 9.67. The van der Waals surface area contributed by atoms with Crippen LogP contribution in [0.5, 0.6) is 11.5 Å². The highest BCUT2D eigenvalue weighted by Gasteiger charge is 2.23. The van der Waals surface area contributed by atoms with Crippen LogP contribution in [-0.2, 0) is 6.42 Å². The van der Waals surface area contributed by atoms with Crippen LogP contribution in [0.1, 0.15) is 24.0 Å². The summed E-state index contributed by atoms with van der Waals surface area (Å²) in [5, 5.41) is 0. The van der Waals surface area contributed by atoms with E-state index in [1.807, 2.05) is 6.07 Å². The van der Waals surface area contributed by atoms with Crippen molar-refractivity contribution < 1.29 is 9.47 Å². The van der Waals surface area contributed by atoms with Gasteiger partial charge in [-0.15, -0.1) is 0 Å². The molecule has 0 heterocycles. The summed E-state index contributed by atoms with van der Waals surface area (Å²) in [4.78, 5) is 0. The number of ether oxygens (including phenoxy) is 2. The van der Waals surface area contributed by atoms with Crippen LogP contribution in [0.3, 0.4) is 0 Å². The maximum Gasteiger partial charge on any atom is 0.163 e. The zero-order valence-electron chi connectivity index (χ0n) is 9.67. The molecule has 0 amide bonds. The Hall–Kier alpha value is -1.18. The maximum atomic E-state index is 5.38. The third kappa shape index (κ3) is 2.09. The van der Waals surface area contributed by atoms with Gasteiger partial charge in [0.15, 0.2) is 11.5 Å². The third-order valence-electron chi connectivity index (χ3n) is 3.11. The van der Waals surface area contributed by atoms with Crippen molar-refractivity contribution in [2.24, 2.45) is 5.92 Å². The third-order valence-corrected chi connectivity index (χ3v) is 3.11. The van der Waals surface area contributed by atoms with Gasteiger partial charge in [0.1, 0.15) is 0 Å². The standard InChI is InChI=1S/C13H18O2/c1-9-11(8-10-4-5-10)6-7-12(14-2)13(9)15-3/h6-7,10H,4-5,8H2,1-3H3. The van der Waals surface area contributed by atoms with E-state index in [0.29, 0.717) is 0 Å². The lowest BCUT2D eigenvalue weighted by Crippen LogP contribution is -1.98. The molecule has 0 spiro atoms. The molecule has 2 nitrogen and oxygen atoms in total. The first-order valence-electron chi connectivity index (χ1n) is 5.46. The maximum absolute atomic E-state index is 5.38. The van der Waals surface area contributed by atoms with Crippen LogP contribution in [0.15, 0.2) is 12.1 Å². The molecule has 0 aliphatic heterocycles. The van der Waals surface area contributed by atoms with E-state index in [9.17, 15) is 0 Å². The number of hydrogen-bond acceptors (Lipinski definition) is 2. The summed E-state index contributed by atoms with van der Waals surface area (Å²) in [5.74, 6) is 2.62. The molecule has 1 aliphatic rings. The first-order valence-corrected chi connectivity index (χ1v) is 5.46. The van der Waals surface area contributed by atoms with Crippen molar-refractivity contribution in [1.82, 2.24) is 0 Å². The molecule has 1 saturated carbocycles. The molecule has 0 bridgehead atoms. The van der Waals surface area contributed by atoms with E-state index < -0.39 is 0 Å². The van der Waals surface area contributed by atoms with Crippen molar-refractivity contribution in [2.75, 3.05) is 14.2 Å². The summed E-state index contributed by atoms with van der Waals surface area (Å²) in [5.41, 5.74) is 2.62. The van der Waals surface area contributed by atoms with Crippen molar-refractivity contribution >= 4 is 0 Å². The molecular formula is C13H18O2. The molecule has 0 atom stereocenters. The summed E-state index contributed by atoms with van der Waals surface area (Å²) in [7, 11) is 3.38. The summed E-state index contributed by atoms with van der Waals surface area (Å²) in [6, 6.07) is 4.17. The molecule has 2 rings (SSSR count). The smallest absolute Gasteiger partial charge is 0.163 e. The van der Waals surface area contributed by atoms with Crippen LogP contribution in [0.25, 0.3) is 0 Å². The summed E-state index contributed by atoms with van der Waals surface area (Å²) in [6.07, 6.45) is 3.95. The van der Waals surface area contributed by atoms with Crippen molar-refractivity contribution in [3.05, 3.63) is 23.3 Å². The Morgan fingerprint density at radius 2 is 1.93 bits per heavy atom. The molecule has 0 N–H and O–H groups in total. The number of methoxy groups -OCH3 is 2. The molecule has 0 saturated heterocycles. The topological polar surface area (TPSA) is 18.5 Å². The second kappa shape index (κ2) is 4.13. The average Bonchev–Trinajstić information content (AvgIpc) is 3.04. The Balaban J connectivity index is 2.31. The van der Waals surface area contributed by atoms with Gasteiger partial charge in [0.05, 0.1) is 14.2 Å². The van der Waals surface area contributed by atoms with E-state index in [2.05, 4.69) is 13.0 Å². The average molecular weight is 206 g/mol. The highest BCUT2D eigenvalue weighted by atomic mass is 16.5. The van der Waals surface area contributed by atoms with Crippen molar-refractivity contribution in [3.63, 3.8) is 0 Å². The van der Waals surface area contributed by atoms with Gasteiger partial charge in [-0.3, -0.25) is 0 Å². The van der Waals surface area contributed by atoms with Crippen LogP contribution >= 0.6 is 0 Å². The van der Waals surface area contributed by atoms with Gasteiger partial charge in [-0.05, 0) is 49.3 Å². The van der Waals surface area contributed by atoms with Gasteiger partial charge in [-0.25, -0.2) is 0 Å². The minimum Gasteiger partial charge on any atom is -0.493 e. The zero-order chi connectivity index (χ0) is 10.8. The molecule has 1 aromatic carbocycles. The first kappa shape index (κ1) is 10.3. The van der Waals surface area contributed by atoms with Crippen molar-refractivity contribution in [1.29, 1.82) is 0 Å². The Labute approximate surface area is 91.2 Å². The van der Waals surface area contributed by atoms with Crippen LogP contribution < -0.4 is 9.47 Å². The van der Waals surface area contributed by atoms with E-state index in [-0.39, 0.29) is 0 Å². The van der Waals surface area contributed by atoms with Crippen LogP contribution in [0.4, 0.5) is 0 Å². The van der Waals surface area contributed by atoms with Crippen LogP contribution in [0.2, 0.25) is 0 Å². The van der Waals surface area contributed by atoms with Gasteiger partial charge in [0.25, 0.3) is 0 Å². The van der Waals surface area contributed by atoms with Crippen LogP contribution in [-0.4, -0.2) is 14.2 Å². The van der Waals surface area contributed by atoms with Crippen LogP contribution in [0, 0.1) is 12.8 Å². The Kier molecular flexibility index (Phi) is 2.85. The monoisotopic (exact) mass is 206 g/mol. The summed E-state index contributed by atoms with van der Waals surface area (Å²) >= 11 is 0. The highest BCUT2D eigenvalue weighted by Crippen LogP contribution is 2.38. The Morgan fingerprint density at radius 1 is 1.20 bits per heavy atom. The highest BCUT2D eigenvalue weighted by molar-refractivity contribution is 5.50. The SMILES string of the molecule is COc1ccc(CC2CC2)c(C)c1OC. The largest absolute Gasteiger partial charge is 0.493 e. The van der Waals surface area contributed by atoms with Gasteiger partial charge in [-0.2, -0.15) is 0 Å². The Bertz CT molecular complexity index is 354. The molecule has 0 unspecified atom stereocenters. The second-order valence-electron chi connectivity index (χ2n) is 4.23. The predicted molar refractivity (Wildman–Crippen MR) is 60.7 cm³/mol. The normalized spacial score (nSPS) is 15.1.